The molecule has 3 N–H and O–H groups in total. The molecule has 0 spiro atoms. The second kappa shape index (κ2) is 1.28. The molecule has 0 aromatic carbocycles. The summed E-state index contributed by atoms with van der Waals surface area (Å²) in [5.41, 5.74) is 0. The molecular formula is H4BO3-. The minimum atomic E-state index is -2.17. The van der Waals surface area contributed by atoms with Gasteiger partial charge in [-0.25, -0.2) is 0 Å². The van der Waals surface area contributed by atoms with Crippen molar-refractivity contribution in [2.45, 2.75) is 0 Å². The molecule has 0 atom stereocenters. The van der Waals surface area contributed by atoms with Crippen molar-refractivity contribution < 1.29 is 16.5 Å². The van der Waals surface area contributed by atoms with Gasteiger partial charge in [-0.2, -0.15) is 0 Å². The molecule has 0 saturated heterocycles. The van der Waals surface area contributed by atoms with Gasteiger partial charge in [-0.1, -0.05) is 0 Å². The summed E-state index contributed by atoms with van der Waals surface area (Å²) < 4.78 is 0. The van der Waals surface area contributed by atoms with Gasteiger partial charge in [0.1, 0.15) is 0 Å². The summed E-state index contributed by atoms with van der Waals surface area (Å²) in [5.74, 6) is 0. The number of hydrogen-bond acceptors (Lipinski definition) is 3. The average Bonchev–Trinajstić information content (AvgIpc) is 0.811. The van der Waals surface area contributed by atoms with E-state index < -0.39 is 7.32 Å². The van der Waals surface area contributed by atoms with Crippen molar-refractivity contribution >= 4 is 7.32 Å². The highest BCUT2D eigenvalue weighted by molar-refractivity contribution is 6.30. The average molecular weight is 62.8 g/mol. The van der Waals surface area contributed by atoms with Crippen LogP contribution in [0.3, 0.4) is 0 Å². The molecule has 0 aliphatic heterocycles. The molecule has 0 unspecified atom stereocenters. The Morgan fingerprint density at radius 3 is 1.25 bits per heavy atom. The van der Waals surface area contributed by atoms with Crippen molar-refractivity contribution in [1.29, 1.82) is 0 Å². The molecule has 0 heterocycles. The molecule has 0 aliphatic rings. The van der Waals surface area contributed by atoms with Crippen LogP contribution in [0.25, 0.3) is 0 Å². The summed E-state index contributed by atoms with van der Waals surface area (Å²) in [6.07, 6.45) is 0. The predicted molar refractivity (Wildman–Crippen MR) is 13.5 cm³/mol. The minimum absolute atomic E-state index is 0. The molecule has 0 aromatic rings. The summed E-state index contributed by atoms with van der Waals surface area (Å²) in [4.78, 5) is 0. The monoisotopic (exact) mass is 63.0 g/mol. The van der Waals surface area contributed by atoms with Crippen LogP contribution in [0.4, 0.5) is 0 Å². The fraction of sp³-hybridized carbons (Fsp3) is 0. The quantitative estimate of drug-likeness (QED) is 0.286. The van der Waals surface area contributed by atoms with Crippen LogP contribution in [-0.2, 0) is 0 Å². The molecular weight excluding hydrogens is 58.8 g/mol. The highest BCUT2D eigenvalue weighted by atomic mass is 16.5. The van der Waals surface area contributed by atoms with Crippen molar-refractivity contribution in [2.24, 2.45) is 0 Å². The predicted octanol–water partition coefficient (Wildman–Crippen LogP) is -1.94. The lowest BCUT2D eigenvalue weighted by Crippen LogP contribution is -2.07. The Balaban J connectivity index is 0. The Labute approximate surface area is 25.2 Å². The Hall–Kier alpha value is -0.0551. The van der Waals surface area contributed by atoms with Crippen molar-refractivity contribution in [3.05, 3.63) is 0 Å². The maximum atomic E-state index is 7.17. The Morgan fingerprint density at radius 2 is 1.25 bits per heavy atom. The lowest BCUT2D eigenvalue weighted by atomic mass is 10.3. The molecule has 0 radical (unpaired) electrons. The van der Waals surface area contributed by atoms with Crippen molar-refractivity contribution in [1.82, 2.24) is 0 Å². The SMILES string of the molecule is OB(O)O.[H-]. The van der Waals surface area contributed by atoms with E-state index in [1.807, 2.05) is 0 Å². The molecule has 0 aliphatic carbocycles. The van der Waals surface area contributed by atoms with E-state index in [4.69, 9.17) is 15.1 Å². The van der Waals surface area contributed by atoms with E-state index in [0.29, 0.717) is 0 Å². The lowest BCUT2D eigenvalue weighted by molar-refractivity contribution is 0.278. The maximum absolute atomic E-state index is 7.17. The van der Waals surface area contributed by atoms with Gasteiger partial charge >= 0.3 is 7.32 Å². The van der Waals surface area contributed by atoms with Gasteiger partial charge in [-0.3, -0.25) is 0 Å². The zero-order valence-electron chi connectivity index (χ0n) is 2.92. The van der Waals surface area contributed by atoms with Gasteiger partial charge in [-0.15, -0.1) is 0 Å². The third-order valence-electron chi connectivity index (χ3n) is 0. The van der Waals surface area contributed by atoms with Gasteiger partial charge in [0.15, 0.2) is 0 Å². The highest BCUT2D eigenvalue weighted by Gasteiger charge is 1.92. The topological polar surface area (TPSA) is 60.7 Å². The van der Waals surface area contributed by atoms with Gasteiger partial charge in [0.2, 0.25) is 0 Å². The van der Waals surface area contributed by atoms with E-state index in [1.54, 1.807) is 0 Å². The van der Waals surface area contributed by atoms with E-state index in [0.717, 1.165) is 0 Å². The molecule has 3 nitrogen and oxygen atoms in total. The van der Waals surface area contributed by atoms with Crippen LogP contribution >= 0.6 is 0 Å². The normalized spacial score (nSPS) is 6.75. The van der Waals surface area contributed by atoms with E-state index in [9.17, 15) is 0 Å². The zero-order chi connectivity index (χ0) is 3.58. The largest absolute Gasteiger partial charge is 1.00 e. The second-order valence-electron chi connectivity index (χ2n) is 0.346. The van der Waals surface area contributed by atoms with Crippen LogP contribution in [0.15, 0.2) is 0 Å². The van der Waals surface area contributed by atoms with Crippen LogP contribution in [0.5, 0.6) is 0 Å². The first-order valence-corrected chi connectivity index (χ1v) is 0.775. The molecule has 0 bridgehead atoms. The van der Waals surface area contributed by atoms with E-state index in [2.05, 4.69) is 0 Å². The van der Waals surface area contributed by atoms with Gasteiger partial charge < -0.3 is 16.5 Å². The first kappa shape index (κ1) is 3.94. The van der Waals surface area contributed by atoms with Gasteiger partial charge in [0.25, 0.3) is 0 Å². The van der Waals surface area contributed by atoms with Gasteiger partial charge in [-0.05, 0) is 0 Å². The molecule has 4 heteroatoms. The van der Waals surface area contributed by atoms with E-state index >= 15 is 0 Å². The summed E-state index contributed by atoms with van der Waals surface area (Å²) >= 11 is 0. The molecule has 0 saturated carbocycles. The smallest absolute Gasteiger partial charge is 0.631 e. The van der Waals surface area contributed by atoms with E-state index in [1.165, 1.54) is 0 Å². The zero-order valence-corrected chi connectivity index (χ0v) is 1.92. The molecule has 0 amide bonds. The van der Waals surface area contributed by atoms with Gasteiger partial charge in [0.05, 0.1) is 0 Å². The van der Waals surface area contributed by atoms with Crippen LogP contribution in [-0.4, -0.2) is 22.4 Å². The van der Waals surface area contributed by atoms with Gasteiger partial charge in [0, 0.05) is 0 Å². The third-order valence-corrected chi connectivity index (χ3v) is 0. The summed E-state index contributed by atoms with van der Waals surface area (Å²) in [5, 5.41) is 21.5. The fourth-order valence-electron chi connectivity index (χ4n) is 0. The summed E-state index contributed by atoms with van der Waals surface area (Å²) in [6.45, 7) is 0. The van der Waals surface area contributed by atoms with E-state index in [-0.39, 0.29) is 1.43 Å². The van der Waals surface area contributed by atoms with Crippen LogP contribution in [0.1, 0.15) is 1.43 Å². The van der Waals surface area contributed by atoms with Crippen molar-refractivity contribution in [2.75, 3.05) is 0 Å². The molecule has 4 heavy (non-hydrogen) atoms. The first-order chi connectivity index (χ1) is 1.73. The fourth-order valence-corrected chi connectivity index (χ4v) is 0. The molecule has 0 aromatic heterocycles. The molecule has 0 rings (SSSR count). The Kier molecular flexibility index (Phi) is 1.27. The molecule has 26 valence electrons. The standard InChI is InChI=1S/BH3O3.H/c2-1(3)4;/h2-4H;/q;-1. The van der Waals surface area contributed by atoms with Crippen LogP contribution in [0, 0.1) is 0 Å². The van der Waals surface area contributed by atoms with Crippen LogP contribution in [0.2, 0.25) is 0 Å². The first-order valence-electron chi connectivity index (χ1n) is 0.775. The summed E-state index contributed by atoms with van der Waals surface area (Å²) in [6, 6.07) is 0. The third kappa shape index (κ3) is 573. The second-order valence-corrected chi connectivity index (χ2v) is 0.346. The number of rotatable bonds is 0. The van der Waals surface area contributed by atoms with Crippen LogP contribution < -0.4 is 0 Å². The molecule has 0 fully saturated rings. The number of hydrogen-bond donors (Lipinski definition) is 3. The van der Waals surface area contributed by atoms with Crippen molar-refractivity contribution in [3.8, 4) is 0 Å². The minimum Gasteiger partial charge on any atom is -1.00 e. The Bertz CT molecular complexity index is 11.6. The maximum Gasteiger partial charge on any atom is 0.631 e. The highest BCUT2D eigenvalue weighted by Crippen LogP contribution is 1.40. The van der Waals surface area contributed by atoms with Crippen molar-refractivity contribution in [3.63, 3.8) is 0 Å². The Morgan fingerprint density at radius 1 is 1.25 bits per heavy atom. The summed E-state index contributed by atoms with van der Waals surface area (Å²) in [7, 11) is -2.17. The lowest BCUT2D eigenvalue weighted by Gasteiger charge is -1.69.